The molecule has 1 aromatic heterocycles. The summed E-state index contributed by atoms with van der Waals surface area (Å²) < 4.78 is 0. The van der Waals surface area contributed by atoms with Crippen molar-refractivity contribution in [3.63, 3.8) is 0 Å². The van der Waals surface area contributed by atoms with Crippen LogP contribution in [0.25, 0.3) is 0 Å². The Hall–Kier alpha value is -0.480. The number of anilines is 1. The van der Waals surface area contributed by atoms with E-state index in [0.29, 0.717) is 11.9 Å². The van der Waals surface area contributed by atoms with E-state index >= 15 is 0 Å². The first-order valence-corrected chi connectivity index (χ1v) is 6.71. The van der Waals surface area contributed by atoms with Gasteiger partial charge in [-0.05, 0) is 6.92 Å². The Morgan fingerprint density at radius 2 is 2.27 bits per heavy atom. The minimum Gasteiger partial charge on any atom is -0.336 e. The summed E-state index contributed by atoms with van der Waals surface area (Å²) in [7, 11) is 0. The van der Waals surface area contributed by atoms with E-state index in [4.69, 9.17) is 11.6 Å². The summed E-state index contributed by atoms with van der Waals surface area (Å²) in [4.78, 5) is 10.9. The zero-order valence-electron chi connectivity index (χ0n) is 8.69. The molecule has 3 nitrogen and oxygen atoms in total. The fourth-order valence-electron chi connectivity index (χ4n) is 1.59. The van der Waals surface area contributed by atoms with Crippen LogP contribution in [0.4, 0.5) is 5.95 Å². The molecule has 2 heterocycles. The second-order valence-electron chi connectivity index (χ2n) is 3.64. The average Bonchev–Trinajstić information content (AvgIpc) is 2.30. The number of nitrogens with zero attached hydrogens (tertiary/aromatic N) is 3. The molecule has 0 N–H and O–H groups in total. The highest BCUT2D eigenvalue weighted by atomic mass is 35.5. The fourth-order valence-corrected chi connectivity index (χ4v) is 2.74. The number of hydrogen-bond donors (Lipinski definition) is 0. The molecule has 1 aliphatic heterocycles. The zero-order valence-corrected chi connectivity index (χ0v) is 10.3. The van der Waals surface area contributed by atoms with Crippen LogP contribution in [0.5, 0.6) is 0 Å². The van der Waals surface area contributed by atoms with Gasteiger partial charge in [-0.1, -0.05) is 0 Å². The largest absolute Gasteiger partial charge is 0.336 e. The van der Waals surface area contributed by atoms with Gasteiger partial charge in [-0.15, -0.1) is 11.6 Å². The molecule has 1 unspecified atom stereocenters. The number of rotatable bonds is 2. The van der Waals surface area contributed by atoms with Crippen LogP contribution in [0.1, 0.15) is 12.5 Å². The van der Waals surface area contributed by atoms with Crippen molar-refractivity contribution in [1.29, 1.82) is 0 Å². The van der Waals surface area contributed by atoms with E-state index in [1.54, 1.807) is 0 Å². The van der Waals surface area contributed by atoms with Gasteiger partial charge in [0, 0.05) is 42.0 Å². The Kier molecular flexibility index (Phi) is 3.70. The van der Waals surface area contributed by atoms with Crippen molar-refractivity contribution in [3.8, 4) is 0 Å². The SMILES string of the molecule is CC1CSCCN1c1ncc(CCl)cn1. The molecule has 1 atom stereocenters. The van der Waals surface area contributed by atoms with Crippen molar-refractivity contribution in [2.24, 2.45) is 0 Å². The third kappa shape index (κ3) is 2.55. The highest BCUT2D eigenvalue weighted by molar-refractivity contribution is 7.99. The number of hydrogen-bond acceptors (Lipinski definition) is 4. The maximum absolute atomic E-state index is 5.70. The molecule has 0 aliphatic carbocycles. The maximum Gasteiger partial charge on any atom is 0.225 e. The summed E-state index contributed by atoms with van der Waals surface area (Å²) >= 11 is 7.69. The number of thioether (sulfide) groups is 1. The number of aromatic nitrogens is 2. The first kappa shape index (κ1) is 11.0. The molecule has 82 valence electrons. The van der Waals surface area contributed by atoms with Crippen LogP contribution in [0.15, 0.2) is 12.4 Å². The summed E-state index contributed by atoms with van der Waals surface area (Å²) in [6.45, 7) is 3.25. The minimum atomic E-state index is 0.478. The third-order valence-electron chi connectivity index (χ3n) is 2.47. The van der Waals surface area contributed by atoms with Crippen molar-refractivity contribution in [2.45, 2.75) is 18.8 Å². The summed E-state index contributed by atoms with van der Waals surface area (Å²) in [5.74, 6) is 3.62. The fraction of sp³-hybridized carbons (Fsp3) is 0.600. The molecular weight excluding hydrogens is 230 g/mol. The Bertz CT molecular complexity index is 317. The smallest absolute Gasteiger partial charge is 0.225 e. The average molecular weight is 244 g/mol. The molecule has 2 rings (SSSR count). The van der Waals surface area contributed by atoms with E-state index in [9.17, 15) is 0 Å². The molecule has 1 fully saturated rings. The van der Waals surface area contributed by atoms with E-state index in [0.717, 1.165) is 29.6 Å². The first-order chi connectivity index (χ1) is 7.31. The summed E-state index contributed by atoms with van der Waals surface area (Å²) in [6, 6.07) is 0.519. The van der Waals surface area contributed by atoms with Gasteiger partial charge in [0.2, 0.25) is 5.95 Å². The van der Waals surface area contributed by atoms with Gasteiger partial charge in [-0.3, -0.25) is 0 Å². The molecule has 0 saturated carbocycles. The van der Waals surface area contributed by atoms with Crippen molar-refractivity contribution >= 4 is 29.3 Å². The Morgan fingerprint density at radius 3 is 2.87 bits per heavy atom. The predicted molar refractivity (Wildman–Crippen MR) is 65.7 cm³/mol. The van der Waals surface area contributed by atoms with Crippen molar-refractivity contribution in [2.75, 3.05) is 23.0 Å². The van der Waals surface area contributed by atoms with Gasteiger partial charge in [-0.2, -0.15) is 11.8 Å². The second-order valence-corrected chi connectivity index (χ2v) is 5.06. The highest BCUT2D eigenvalue weighted by Gasteiger charge is 2.20. The molecule has 1 aromatic rings. The molecule has 5 heteroatoms. The van der Waals surface area contributed by atoms with Gasteiger partial charge in [0.05, 0.1) is 5.88 Å². The van der Waals surface area contributed by atoms with Gasteiger partial charge in [0.15, 0.2) is 0 Å². The van der Waals surface area contributed by atoms with E-state index in [-0.39, 0.29) is 0 Å². The molecule has 0 radical (unpaired) electrons. The summed E-state index contributed by atoms with van der Waals surface area (Å²) in [6.07, 6.45) is 3.62. The van der Waals surface area contributed by atoms with Crippen LogP contribution in [-0.2, 0) is 5.88 Å². The Balaban J connectivity index is 2.13. The van der Waals surface area contributed by atoms with Gasteiger partial charge < -0.3 is 4.90 Å². The number of alkyl halides is 1. The maximum atomic E-state index is 5.70. The van der Waals surface area contributed by atoms with Crippen LogP contribution in [0.3, 0.4) is 0 Å². The zero-order chi connectivity index (χ0) is 10.7. The summed E-state index contributed by atoms with van der Waals surface area (Å²) in [5, 5.41) is 0. The van der Waals surface area contributed by atoms with Crippen LogP contribution in [0, 0.1) is 0 Å². The lowest BCUT2D eigenvalue weighted by atomic mass is 10.3. The van der Waals surface area contributed by atoms with E-state index in [1.165, 1.54) is 0 Å². The predicted octanol–water partition coefficient (Wildman–Crippen LogP) is 2.16. The highest BCUT2D eigenvalue weighted by Crippen LogP contribution is 2.20. The molecule has 1 saturated heterocycles. The molecule has 1 aliphatic rings. The lowest BCUT2D eigenvalue weighted by Crippen LogP contribution is -2.41. The van der Waals surface area contributed by atoms with E-state index < -0.39 is 0 Å². The van der Waals surface area contributed by atoms with Gasteiger partial charge >= 0.3 is 0 Å². The molecular formula is C10H14ClN3S. The third-order valence-corrected chi connectivity index (χ3v) is 3.97. The van der Waals surface area contributed by atoms with Crippen LogP contribution in [0.2, 0.25) is 0 Å². The lowest BCUT2D eigenvalue weighted by Gasteiger charge is -2.32. The normalized spacial score (nSPS) is 21.7. The molecule has 0 amide bonds. The lowest BCUT2D eigenvalue weighted by molar-refractivity contribution is 0.677. The Labute approximate surface area is 99.2 Å². The van der Waals surface area contributed by atoms with Crippen molar-refractivity contribution in [1.82, 2.24) is 9.97 Å². The molecule has 0 bridgehead atoms. The van der Waals surface area contributed by atoms with Gasteiger partial charge in [0.25, 0.3) is 0 Å². The van der Waals surface area contributed by atoms with Crippen molar-refractivity contribution < 1.29 is 0 Å². The van der Waals surface area contributed by atoms with E-state index in [2.05, 4.69) is 21.8 Å². The van der Waals surface area contributed by atoms with Crippen LogP contribution in [-0.4, -0.2) is 34.1 Å². The second kappa shape index (κ2) is 5.03. The molecule has 15 heavy (non-hydrogen) atoms. The van der Waals surface area contributed by atoms with Gasteiger partial charge in [0.1, 0.15) is 0 Å². The van der Waals surface area contributed by atoms with Gasteiger partial charge in [-0.25, -0.2) is 9.97 Å². The van der Waals surface area contributed by atoms with Crippen molar-refractivity contribution in [3.05, 3.63) is 18.0 Å². The molecule has 0 spiro atoms. The quantitative estimate of drug-likeness (QED) is 0.745. The molecule has 0 aromatic carbocycles. The summed E-state index contributed by atoms with van der Waals surface area (Å²) in [5.41, 5.74) is 0.972. The van der Waals surface area contributed by atoms with Crippen LogP contribution >= 0.6 is 23.4 Å². The van der Waals surface area contributed by atoms with Crippen LogP contribution < -0.4 is 4.90 Å². The Morgan fingerprint density at radius 1 is 1.53 bits per heavy atom. The first-order valence-electron chi connectivity index (χ1n) is 5.02. The van der Waals surface area contributed by atoms with E-state index in [1.807, 2.05) is 24.2 Å². The topological polar surface area (TPSA) is 29.0 Å². The monoisotopic (exact) mass is 243 g/mol. The standard InChI is InChI=1S/C10H14ClN3S/c1-8-7-15-3-2-14(8)10-12-5-9(4-11)6-13-10/h5-6,8H,2-4,7H2,1H3. The minimum absolute atomic E-state index is 0.478. The number of halogens is 1.